The molecule has 2 aromatic rings. The number of nitrogens with two attached hydrogens (primary N) is 1. The molecule has 0 saturated heterocycles. The van der Waals surface area contributed by atoms with E-state index in [-0.39, 0.29) is 0 Å². The van der Waals surface area contributed by atoms with Gasteiger partial charge in [0.1, 0.15) is 6.33 Å². The number of aryl methyl sites for hydroxylation is 1. The first-order chi connectivity index (χ1) is 6.20. The van der Waals surface area contributed by atoms with Crippen LogP contribution in [0.5, 0.6) is 0 Å². The predicted molar refractivity (Wildman–Crippen MR) is 46.2 cm³/mol. The van der Waals surface area contributed by atoms with E-state index in [9.17, 15) is 4.79 Å². The van der Waals surface area contributed by atoms with Gasteiger partial charge in [-0.05, 0) is 12.5 Å². The van der Waals surface area contributed by atoms with Crippen molar-refractivity contribution in [1.29, 1.82) is 0 Å². The van der Waals surface area contributed by atoms with Crippen LogP contribution < -0.4 is 5.73 Å². The Labute approximate surface area is 74.2 Å². The Balaban J connectivity index is 2.81. The lowest BCUT2D eigenvalue weighted by atomic mass is 10.2. The standard InChI is InChI=1S/C8H8N4O/c1-5-6(8(9)13)3-12-7(5)2-10-4-11-12/h2-4H,1H3,(H2,9,13). The van der Waals surface area contributed by atoms with Gasteiger partial charge in [0.05, 0.1) is 17.3 Å². The van der Waals surface area contributed by atoms with Gasteiger partial charge in [-0.3, -0.25) is 4.79 Å². The lowest BCUT2D eigenvalue weighted by Crippen LogP contribution is -2.10. The lowest BCUT2D eigenvalue weighted by Gasteiger charge is -1.91. The molecule has 13 heavy (non-hydrogen) atoms. The summed E-state index contributed by atoms with van der Waals surface area (Å²) >= 11 is 0. The average molecular weight is 176 g/mol. The van der Waals surface area contributed by atoms with Crippen LogP contribution in [0.4, 0.5) is 0 Å². The molecule has 1 amide bonds. The second-order valence-corrected chi connectivity index (χ2v) is 2.77. The monoisotopic (exact) mass is 176 g/mol. The second-order valence-electron chi connectivity index (χ2n) is 2.77. The van der Waals surface area contributed by atoms with Crippen molar-refractivity contribution in [2.45, 2.75) is 6.92 Å². The molecule has 2 aromatic heterocycles. The Morgan fingerprint density at radius 3 is 3.00 bits per heavy atom. The van der Waals surface area contributed by atoms with E-state index in [4.69, 9.17) is 5.73 Å². The first-order valence-corrected chi connectivity index (χ1v) is 3.78. The molecule has 0 unspecified atom stereocenters. The van der Waals surface area contributed by atoms with Crippen LogP contribution in [0.1, 0.15) is 15.9 Å². The Kier molecular flexibility index (Phi) is 1.51. The van der Waals surface area contributed by atoms with Crippen LogP contribution in [0.25, 0.3) is 5.52 Å². The van der Waals surface area contributed by atoms with Gasteiger partial charge in [-0.2, -0.15) is 5.10 Å². The minimum absolute atomic E-state index is 0.442. The van der Waals surface area contributed by atoms with Crippen molar-refractivity contribution in [2.75, 3.05) is 0 Å². The zero-order chi connectivity index (χ0) is 9.42. The molecule has 0 aliphatic rings. The van der Waals surface area contributed by atoms with E-state index < -0.39 is 5.91 Å². The Bertz CT molecular complexity index is 474. The molecule has 66 valence electrons. The first kappa shape index (κ1) is 7.72. The van der Waals surface area contributed by atoms with Crippen molar-refractivity contribution in [3.8, 4) is 0 Å². The molecule has 0 aliphatic heterocycles. The number of hydrogen-bond donors (Lipinski definition) is 1. The molecule has 2 rings (SSSR count). The van der Waals surface area contributed by atoms with Crippen LogP contribution in [0.2, 0.25) is 0 Å². The Hall–Kier alpha value is -1.91. The molecular formula is C8H8N4O. The quantitative estimate of drug-likeness (QED) is 0.671. The van der Waals surface area contributed by atoms with Gasteiger partial charge in [0.2, 0.25) is 0 Å². The predicted octanol–water partition coefficient (Wildman–Crippen LogP) is 0.137. The summed E-state index contributed by atoms with van der Waals surface area (Å²) in [6, 6.07) is 0. The number of aromatic nitrogens is 3. The van der Waals surface area contributed by atoms with E-state index in [1.165, 1.54) is 6.33 Å². The van der Waals surface area contributed by atoms with Gasteiger partial charge in [-0.15, -0.1) is 0 Å². The smallest absolute Gasteiger partial charge is 0.250 e. The normalized spacial score (nSPS) is 10.5. The molecular weight excluding hydrogens is 168 g/mol. The van der Waals surface area contributed by atoms with E-state index >= 15 is 0 Å². The molecule has 5 nitrogen and oxygen atoms in total. The molecule has 0 aliphatic carbocycles. The molecule has 5 heteroatoms. The molecule has 0 radical (unpaired) electrons. The van der Waals surface area contributed by atoms with Gasteiger partial charge in [-0.1, -0.05) is 0 Å². The van der Waals surface area contributed by atoms with Crippen LogP contribution in [-0.4, -0.2) is 20.5 Å². The van der Waals surface area contributed by atoms with Crippen molar-refractivity contribution in [3.63, 3.8) is 0 Å². The summed E-state index contributed by atoms with van der Waals surface area (Å²) in [7, 11) is 0. The summed E-state index contributed by atoms with van der Waals surface area (Å²) in [5.74, 6) is -0.442. The van der Waals surface area contributed by atoms with E-state index in [2.05, 4.69) is 10.1 Å². The van der Waals surface area contributed by atoms with Crippen molar-refractivity contribution in [3.05, 3.63) is 29.8 Å². The number of fused-ring (bicyclic) bond motifs is 1. The third-order valence-electron chi connectivity index (χ3n) is 1.99. The van der Waals surface area contributed by atoms with E-state index in [1.807, 2.05) is 6.92 Å². The highest BCUT2D eigenvalue weighted by Gasteiger charge is 2.10. The summed E-state index contributed by atoms with van der Waals surface area (Å²) < 4.78 is 1.59. The number of nitrogens with zero attached hydrogens (tertiary/aromatic N) is 3. The number of primary amides is 1. The summed E-state index contributed by atoms with van der Waals surface area (Å²) in [6.45, 7) is 1.82. The second kappa shape index (κ2) is 2.55. The van der Waals surface area contributed by atoms with Crippen LogP contribution in [0.3, 0.4) is 0 Å². The summed E-state index contributed by atoms with van der Waals surface area (Å²) in [5, 5.41) is 3.94. The fraction of sp³-hybridized carbons (Fsp3) is 0.125. The largest absolute Gasteiger partial charge is 0.366 e. The topological polar surface area (TPSA) is 73.3 Å². The maximum Gasteiger partial charge on any atom is 0.250 e. The summed E-state index contributed by atoms with van der Waals surface area (Å²) in [5.41, 5.74) is 7.28. The van der Waals surface area contributed by atoms with Crippen molar-refractivity contribution < 1.29 is 4.79 Å². The average Bonchev–Trinajstić information content (AvgIpc) is 2.45. The van der Waals surface area contributed by atoms with E-state index in [0.717, 1.165) is 11.1 Å². The summed E-state index contributed by atoms with van der Waals surface area (Å²) in [6.07, 6.45) is 4.67. The van der Waals surface area contributed by atoms with Gasteiger partial charge in [0.15, 0.2) is 0 Å². The number of hydrogen-bond acceptors (Lipinski definition) is 3. The van der Waals surface area contributed by atoms with Crippen LogP contribution in [-0.2, 0) is 0 Å². The third-order valence-corrected chi connectivity index (χ3v) is 1.99. The highest BCUT2D eigenvalue weighted by atomic mass is 16.1. The van der Waals surface area contributed by atoms with Gasteiger partial charge in [-0.25, -0.2) is 9.50 Å². The molecule has 2 heterocycles. The highest BCUT2D eigenvalue weighted by molar-refractivity contribution is 5.96. The van der Waals surface area contributed by atoms with Crippen LogP contribution >= 0.6 is 0 Å². The fourth-order valence-electron chi connectivity index (χ4n) is 1.29. The van der Waals surface area contributed by atoms with Crippen molar-refractivity contribution in [1.82, 2.24) is 14.6 Å². The lowest BCUT2D eigenvalue weighted by molar-refractivity contribution is 0.1000. The minimum Gasteiger partial charge on any atom is -0.366 e. The zero-order valence-electron chi connectivity index (χ0n) is 7.06. The highest BCUT2D eigenvalue weighted by Crippen LogP contribution is 2.14. The molecule has 0 saturated carbocycles. The van der Waals surface area contributed by atoms with Gasteiger partial charge >= 0.3 is 0 Å². The summed E-state index contributed by atoms with van der Waals surface area (Å²) in [4.78, 5) is 14.8. The number of rotatable bonds is 1. The zero-order valence-corrected chi connectivity index (χ0v) is 7.06. The fourth-order valence-corrected chi connectivity index (χ4v) is 1.29. The number of amides is 1. The minimum atomic E-state index is -0.442. The van der Waals surface area contributed by atoms with Crippen LogP contribution in [0, 0.1) is 6.92 Å². The molecule has 0 bridgehead atoms. The Morgan fingerprint density at radius 2 is 2.38 bits per heavy atom. The van der Waals surface area contributed by atoms with Gasteiger partial charge in [0.25, 0.3) is 5.91 Å². The SMILES string of the molecule is Cc1c(C(N)=O)cn2ncncc12. The van der Waals surface area contributed by atoms with E-state index in [0.29, 0.717) is 5.56 Å². The third kappa shape index (κ3) is 1.05. The van der Waals surface area contributed by atoms with Gasteiger partial charge in [0, 0.05) is 6.20 Å². The molecule has 0 fully saturated rings. The van der Waals surface area contributed by atoms with Gasteiger partial charge < -0.3 is 5.73 Å². The maximum absolute atomic E-state index is 11.0. The number of carbonyl (C=O) groups excluding carboxylic acids is 1. The molecule has 2 N–H and O–H groups in total. The van der Waals surface area contributed by atoms with E-state index in [1.54, 1.807) is 16.9 Å². The van der Waals surface area contributed by atoms with Crippen molar-refractivity contribution >= 4 is 11.4 Å². The number of carbonyl (C=O) groups is 1. The Morgan fingerprint density at radius 1 is 1.62 bits per heavy atom. The van der Waals surface area contributed by atoms with Crippen molar-refractivity contribution in [2.24, 2.45) is 5.73 Å². The van der Waals surface area contributed by atoms with Crippen LogP contribution in [0.15, 0.2) is 18.7 Å². The molecule has 0 atom stereocenters. The molecule has 0 aromatic carbocycles. The molecule has 0 spiro atoms. The maximum atomic E-state index is 11.0. The first-order valence-electron chi connectivity index (χ1n) is 3.78.